The quantitative estimate of drug-likeness (QED) is 0.647. The van der Waals surface area contributed by atoms with Gasteiger partial charge in [0.2, 0.25) is 0 Å². The van der Waals surface area contributed by atoms with Crippen LogP contribution in [0, 0.1) is 0 Å². The van der Waals surface area contributed by atoms with Crippen LogP contribution in [-0.4, -0.2) is 23.5 Å². The zero-order chi connectivity index (χ0) is 14.2. The molecule has 0 spiro atoms. The van der Waals surface area contributed by atoms with E-state index >= 15 is 0 Å². The Morgan fingerprint density at radius 1 is 0.857 bits per heavy atom. The van der Waals surface area contributed by atoms with Crippen molar-refractivity contribution in [2.45, 2.75) is 6.54 Å². The van der Waals surface area contributed by atoms with Crippen molar-refractivity contribution in [3.63, 3.8) is 0 Å². The van der Waals surface area contributed by atoms with Crippen molar-refractivity contribution in [3.8, 4) is 0 Å². The third kappa shape index (κ3) is 2.13. The summed E-state index contributed by atoms with van der Waals surface area (Å²) in [7, 11) is 2.11. The van der Waals surface area contributed by atoms with Gasteiger partial charge < -0.3 is 9.80 Å². The highest BCUT2D eigenvalue weighted by molar-refractivity contribution is 6.02. The molecule has 1 aliphatic rings. The molecule has 0 unspecified atom stereocenters. The Morgan fingerprint density at radius 3 is 2.05 bits per heavy atom. The van der Waals surface area contributed by atoms with E-state index in [1.54, 1.807) is 0 Å². The zero-order valence-electron chi connectivity index (χ0n) is 12.2. The topological polar surface area (TPSA) is 6.48 Å². The molecule has 0 bridgehead atoms. The first-order chi connectivity index (χ1) is 10.3. The molecule has 3 aromatic carbocycles. The van der Waals surface area contributed by atoms with E-state index in [0.29, 0.717) is 0 Å². The van der Waals surface area contributed by atoms with Crippen LogP contribution in [0.15, 0.2) is 67.0 Å². The lowest BCUT2D eigenvalue weighted by Gasteiger charge is -2.20. The molecule has 0 N–H and O–H groups in total. The Morgan fingerprint density at radius 2 is 1.48 bits per heavy atom. The highest BCUT2D eigenvalue weighted by atomic mass is 15.3. The van der Waals surface area contributed by atoms with E-state index in [4.69, 9.17) is 0 Å². The number of rotatable bonds is 2. The molecule has 1 aliphatic heterocycles. The van der Waals surface area contributed by atoms with Gasteiger partial charge in [-0.3, -0.25) is 0 Å². The average Bonchev–Trinajstić information content (AvgIpc) is 2.92. The van der Waals surface area contributed by atoms with Crippen LogP contribution in [0.1, 0.15) is 5.56 Å². The van der Waals surface area contributed by atoms with Crippen LogP contribution in [0.2, 0.25) is 0 Å². The Balaban J connectivity index is 1.92. The standard InChI is InChI=1S/C19H18N2/c1-20-10-11-21(14-20)13-19-17-8-4-2-6-15(17)12-16-7-3-5-9-18(16)19/h2-12H,13-14H2,1H3. The molecule has 0 amide bonds. The van der Waals surface area contributed by atoms with E-state index in [1.165, 1.54) is 27.1 Å². The summed E-state index contributed by atoms with van der Waals surface area (Å²) in [5.74, 6) is 0. The fraction of sp³-hybridized carbons (Fsp3) is 0.158. The van der Waals surface area contributed by atoms with Crippen LogP contribution in [0.3, 0.4) is 0 Å². The van der Waals surface area contributed by atoms with Crippen LogP contribution in [0.25, 0.3) is 21.5 Å². The molecular weight excluding hydrogens is 256 g/mol. The third-order valence-corrected chi connectivity index (χ3v) is 4.18. The van der Waals surface area contributed by atoms with Crippen molar-refractivity contribution in [2.24, 2.45) is 0 Å². The molecule has 21 heavy (non-hydrogen) atoms. The molecule has 2 heteroatoms. The Kier molecular flexibility index (Phi) is 2.81. The largest absolute Gasteiger partial charge is 0.362 e. The molecule has 2 nitrogen and oxygen atoms in total. The fourth-order valence-electron chi connectivity index (χ4n) is 3.17. The molecule has 4 rings (SSSR count). The molecular formula is C19H18N2. The maximum atomic E-state index is 2.36. The van der Waals surface area contributed by atoms with E-state index in [1.807, 2.05) is 0 Å². The van der Waals surface area contributed by atoms with E-state index in [9.17, 15) is 0 Å². The number of fused-ring (bicyclic) bond motifs is 2. The van der Waals surface area contributed by atoms with E-state index in [0.717, 1.165) is 13.2 Å². The van der Waals surface area contributed by atoms with Gasteiger partial charge in [0.05, 0.1) is 6.67 Å². The first-order valence-corrected chi connectivity index (χ1v) is 7.33. The summed E-state index contributed by atoms with van der Waals surface area (Å²) in [6, 6.07) is 19.7. The second kappa shape index (κ2) is 4.81. The van der Waals surface area contributed by atoms with Crippen molar-refractivity contribution < 1.29 is 0 Å². The summed E-state index contributed by atoms with van der Waals surface area (Å²) >= 11 is 0. The van der Waals surface area contributed by atoms with Gasteiger partial charge in [0, 0.05) is 26.0 Å². The Hall–Kier alpha value is -2.48. The number of nitrogens with zero attached hydrogens (tertiary/aromatic N) is 2. The van der Waals surface area contributed by atoms with Crippen molar-refractivity contribution in [3.05, 3.63) is 72.6 Å². The molecule has 0 aliphatic carbocycles. The molecule has 1 heterocycles. The third-order valence-electron chi connectivity index (χ3n) is 4.18. The minimum atomic E-state index is 0.947. The normalized spacial score (nSPS) is 14.5. The second-order valence-corrected chi connectivity index (χ2v) is 5.74. The lowest BCUT2D eigenvalue weighted by atomic mass is 9.96. The van der Waals surface area contributed by atoms with Gasteiger partial charge in [-0.1, -0.05) is 48.5 Å². The Labute approximate surface area is 124 Å². The monoisotopic (exact) mass is 274 g/mol. The van der Waals surface area contributed by atoms with Crippen LogP contribution < -0.4 is 0 Å². The van der Waals surface area contributed by atoms with E-state index in [-0.39, 0.29) is 0 Å². The maximum Gasteiger partial charge on any atom is 0.0894 e. The highest BCUT2D eigenvalue weighted by Crippen LogP contribution is 2.30. The molecule has 0 fully saturated rings. The van der Waals surface area contributed by atoms with Gasteiger partial charge in [0.25, 0.3) is 0 Å². The molecule has 0 atom stereocenters. The molecule has 0 radical (unpaired) electrons. The van der Waals surface area contributed by atoms with Gasteiger partial charge in [-0.15, -0.1) is 0 Å². The zero-order valence-corrected chi connectivity index (χ0v) is 12.2. The highest BCUT2D eigenvalue weighted by Gasteiger charge is 2.13. The molecule has 104 valence electrons. The van der Waals surface area contributed by atoms with E-state index in [2.05, 4.69) is 83.8 Å². The van der Waals surface area contributed by atoms with E-state index < -0.39 is 0 Å². The number of hydrogen-bond acceptors (Lipinski definition) is 2. The summed E-state index contributed by atoms with van der Waals surface area (Å²) in [5.41, 5.74) is 1.42. The van der Waals surface area contributed by atoms with Gasteiger partial charge in [-0.05, 0) is 33.2 Å². The van der Waals surface area contributed by atoms with Crippen molar-refractivity contribution >= 4 is 21.5 Å². The molecule has 0 aromatic heterocycles. The summed E-state index contributed by atoms with van der Waals surface area (Å²) < 4.78 is 0. The van der Waals surface area contributed by atoms with Crippen LogP contribution in [0.5, 0.6) is 0 Å². The fourth-order valence-corrected chi connectivity index (χ4v) is 3.17. The summed E-state index contributed by atoms with van der Waals surface area (Å²) in [5, 5.41) is 5.36. The van der Waals surface area contributed by atoms with Crippen molar-refractivity contribution in [1.82, 2.24) is 9.80 Å². The molecule has 3 aromatic rings. The maximum absolute atomic E-state index is 2.36. The second-order valence-electron chi connectivity index (χ2n) is 5.74. The van der Waals surface area contributed by atoms with Crippen molar-refractivity contribution in [2.75, 3.05) is 13.7 Å². The smallest absolute Gasteiger partial charge is 0.0894 e. The van der Waals surface area contributed by atoms with Gasteiger partial charge in [0.15, 0.2) is 0 Å². The molecule has 0 saturated carbocycles. The van der Waals surface area contributed by atoms with Gasteiger partial charge >= 0.3 is 0 Å². The first kappa shape index (κ1) is 12.3. The van der Waals surface area contributed by atoms with Crippen LogP contribution in [0.4, 0.5) is 0 Å². The SMILES string of the molecule is CN1C=CN(Cc2c3ccccc3cc3ccccc23)C1. The molecule has 0 saturated heterocycles. The predicted molar refractivity (Wildman–Crippen MR) is 88.8 cm³/mol. The summed E-state index contributed by atoms with van der Waals surface area (Å²) in [6.07, 6.45) is 4.31. The average molecular weight is 274 g/mol. The Bertz CT molecular complexity index is 781. The van der Waals surface area contributed by atoms with Gasteiger partial charge in [-0.25, -0.2) is 0 Å². The summed E-state index contributed by atoms with van der Waals surface area (Å²) in [6.45, 7) is 1.90. The van der Waals surface area contributed by atoms with Gasteiger partial charge in [0.1, 0.15) is 0 Å². The number of hydrogen-bond donors (Lipinski definition) is 0. The van der Waals surface area contributed by atoms with Crippen LogP contribution in [-0.2, 0) is 6.54 Å². The minimum Gasteiger partial charge on any atom is -0.362 e. The first-order valence-electron chi connectivity index (χ1n) is 7.33. The minimum absolute atomic E-state index is 0.947. The summed E-state index contributed by atoms with van der Waals surface area (Å²) in [4.78, 5) is 4.56. The number of benzene rings is 3. The predicted octanol–water partition coefficient (Wildman–Crippen LogP) is 4.17. The van der Waals surface area contributed by atoms with Crippen molar-refractivity contribution in [1.29, 1.82) is 0 Å². The lowest BCUT2D eigenvalue weighted by molar-refractivity contribution is 0.292. The van der Waals surface area contributed by atoms with Gasteiger partial charge in [-0.2, -0.15) is 0 Å². The lowest BCUT2D eigenvalue weighted by Crippen LogP contribution is -2.22. The van der Waals surface area contributed by atoms with Crippen LogP contribution >= 0.6 is 0 Å².